The van der Waals surface area contributed by atoms with Crippen LogP contribution in [0.2, 0.25) is 0 Å². The summed E-state index contributed by atoms with van der Waals surface area (Å²) in [5.41, 5.74) is 1.59. The van der Waals surface area contributed by atoms with Crippen molar-refractivity contribution in [3.05, 3.63) is 75.5 Å². The van der Waals surface area contributed by atoms with Gasteiger partial charge in [0.2, 0.25) is 5.91 Å². The van der Waals surface area contributed by atoms with Crippen LogP contribution in [-0.2, 0) is 4.79 Å². The first-order valence-corrected chi connectivity index (χ1v) is 8.97. The Hall–Kier alpha value is -3.06. The van der Waals surface area contributed by atoms with Gasteiger partial charge in [-0.2, -0.15) is 0 Å². The molecule has 0 saturated carbocycles. The van der Waals surface area contributed by atoms with Gasteiger partial charge in [-0.05, 0) is 35.4 Å². The number of carbonyl (C=O) groups excluding carboxylic acids is 1. The third-order valence-corrected chi connectivity index (χ3v) is 5.76. The Kier molecular flexibility index (Phi) is 4.24. The average Bonchev–Trinajstić information content (AvgIpc) is 3.00. The van der Waals surface area contributed by atoms with E-state index in [-0.39, 0.29) is 22.8 Å². The number of hydrogen-bond acceptors (Lipinski definition) is 3. The van der Waals surface area contributed by atoms with Crippen molar-refractivity contribution in [3.63, 3.8) is 0 Å². The van der Waals surface area contributed by atoms with Crippen LogP contribution in [0.3, 0.4) is 0 Å². The summed E-state index contributed by atoms with van der Waals surface area (Å²) in [4.78, 5) is 24.8. The summed E-state index contributed by atoms with van der Waals surface area (Å²) in [6.45, 7) is 0. The fraction of sp³-hybridized carbons (Fsp3) is 0.100. The van der Waals surface area contributed by atoms with E-state index in [0.29, 0.717) is 21.7 Å². The van der Waals surface area contributed by atoms with Crippen LogP contribution in [-0.4, -0.2) is 17.0 Å². The van der Waals surface area contributed by atoms with Crippen LogP contribution in [0, 0.1) is 11.6 Å². The summed E-state index contributed by atoms with van der Waals surface area (Å²) in [7, 11) is 0. The molecule has 1 aromatic heterocycles. The number of anilines is 1. The molecule has 7 heteroatoms. The van der Waals surface area contributed by atoms with Gasteiger partial charge in [0.15, 0.2) is 0 Å². The zero-order chi connectivity index (χ0) is 19.1. The molecule has 0 radical (unpaired) electrons. The van der Waals surface area contributed by atoms with Gasteiger partial charge >= 0.3 is 5.97 Å². The summed E-state index contributed by atoms with van der Waals surface area (Å²) in [6, 6.07) is 11.5. The number of fused-ring (bicyclic) bond motifs is 1. The standard InChI is InChI=1S/C20H13F2NO3S/c21-12-5-1-3-10(7-12)14-9-15(24)23-17-16(11-4-2-6-13(22)8-11)19(20(25)26)27-18(14)17/h1-8,14H,9H2,(H,23,24)(H,25,26)/t14-/m0/s1. The Balaban J connectivity index is 1.95. The van der Waals surface area contributed by atoms with Gasteiger partial charge in [-0.3, -0.25) is 4.79 Å². The molecule has 0 aliphatic carbocycles. The van der Waals surface area contributed by atoms with Crippen LogP contribution in [0.4, 0.5) is 14.5 Å². The lowest BCUT2D eigenvalue weighted by atomic mass is 9.88. The van der Waals surface area contributed by atoms with Gasteiger partial charge in [0, 0.05) is 22.8 Å². The largest absolute Gasteiger partial charge is 0.477 e. The second kappa shape index (κ2) is 6.59. The molecular formula is C20H13F2NO3S. The van der Waals surface area contributed by atoms with Crippen molar-refractivity contribution in [1.29, 1.82) is 0 Å². The van der Waals surface area contributed by atoms with Crippen molar-refractivity contribution in [1.82, 2.24) is 0 Å². The molecule has 2 heterocycles. The minimum absolute atomic E-state index is 0.00852. The number of thiophene rings is 1. The zero-order valence-electron chi connectivity index (χ0n) is 13.8. The molecule has 3 aromatic rings. The van der Waals surface area contributed by atoms with Gasteiger partial charge in [-0.25, -0.2) is 13.6 Å². The smallest absolute Gasteiger partial charge is 0.346 e. The Labute approximate surface area is 157 Å². The van der Waals surface area contributed by atoms with Crippen LogP contribution in [0.15, 0.2) is 48.5 Å². The highest BCUT2D eigenvalue weighted by Crippen LogP contribution is 2.49. The predicted octanol–water partition coefficient (Wildman–Crippen LogP) is 4.87. The van der Waals surface area contributed by atoms with Crippen molar-refractivity contribution in [2.24, 2.45) is 0 Å². The summed E-state index contributed by atoms with van der Waals surface area (Å²) >= 11 is 1.02. The van der Waals surface area contributed by atoms with E-state index in [1.54, 1.807) is 18.2 Å². The van der Waals surface area contributed by atoms with Crippen LogP contribution >= 0.6 is 11.3 Å². The maximum absolute atomic E-state index is 13.7. The van der Waals surface area contributed by atoms with E-state index < -0.39 is 23.5 Å². The highest BCUT2D eigenvalue weighted by atomic mass is 32.1. The SMILES string of the molecule is O=C1C[C@@H](c2cccc(F)c2)c2sc(C(=O)O)c(-c3cccc(F)c3)c2N1. The van der Waals surface area contributed by atoms with E-state index in [0.717, 1.165) is 11.3 Å². The van der Waals surface area contributed by atoms with E-state index in [2.05, 4.69) is 5.32 Å². The number of halogens is 2. The van der Waals surface area contributed by atoms with Crippen molar-refractivity contribution >= 4 is 28.9 Å². The molecule has 4 rings (SSSR count). The lowest BCUT2D eigenvalue weighted by Crippen LogP contribution is -2.22. The zero-order valence-corrected chi connectivity index (χ0v) is 14.6. The highest BCUT2D eigenvalue weighted by molar-refractivity contribution is 7.15. The molecule has 136 valence electrons. The van der Waals surface area contributed by atoms with E-state index in [9.17, 15) is 23.5 Å². The monoisotopic (exact) mass is 385 g/mol. The normalized spacial score (nSPS) is 15.9. The third-order valence-electron chi connectivity index (χ3n) is 4.46. The Morgan fingerprint density at radius 1 is 1.11 bits per heavy atom. The number of hydrogen-bond donors (Lipinski definition) is 2. The van der Waals surface area contributed by atoms with Crippen molar-refractivity contribution < 1.29 is 23.5 Å². The first kappa shape index (κ1) is 17.4. The fourth-order valence-corrected chi connectivity index (χ4v) is 4.60. The van der Waals surface area contributed by atoms with E-state index in [1.165, 1.54) is 30.3 Å². The van der Waals surface area contributed by atoms with Gasteiger partial charge in [-0.15, -0.1) is 11.3 Å². The van der Waals surface area contributed by atoms with Gasteiger partial charge < -0.3 is 10.4 Å². The van der Waals surface area contributed by atoms with Crippen molar-refractivity contribution in [2.75, 3.05) is 5.32 Å². The fourth-order valence-electron chi connectivity index (χ4n) is 3.35. The molecule has 0 bridgehead atoms. The molecule has 1 atom stereocenters. The van der Waals surface area contributed by atoms with Crippen LogP contribution < -0.4 is 5.32 Å². The minimum Gasteiger partial charge on any atom is -0.477 e. The number of carboxylic acids is 1. The first-order chi connectivity index (χ1) is 12.9. The highest BCUT2D eigenvalue weighted by Gasteiger charge is 2.34. The number of nitrogens with one attached hydrogen (secondary N) is 1. The molecule has 0 unspecified atom stereocenters. The third kappa shape index (κ3) is 3.10. The number of carboxylic acid groups (broad SMARTS) is 1. The van der Waals surface area contributed by atoms with E-state index in [1.807, 2.05) is 0 Å². The molecule has 0 spiro atoms. The minimum atomic E-state index is -1.17. The Morgan fingerprint density at radius 3 is 2.48 bits per heavy atom. The van der Waals surface area contributed by atoms with Gasteiger partial charge in [0.25, 0.3) is 0 Å². The van der Waals surface area contributed by atoms with Crippen LogP contribution in [0.1, 0.15) is 32.5 Å². The molecule has 0 saturated heterocycles. The van der Waals surface area contributed by atoms with Gasteiger partial charge in [-0.1, -0.05) is 24.3 Å². The Bertz CT molecular complexity index is 1080. The summed E-state index contributed by atoms with van der Waals surface area (Å²) < 4.78 is 27.4. The van der Waals surface area contributed by atoms with E-state index in [4.69, 9.17) is 0 Å². The molecule has 2 N–H and O–H groups in total. The molecule has 2 aromatic carbocycles. The molecular weight excluding hydrogens is 372 g/mol. The van der Waals surface area contributed by atoms with Gasteiger partial charge in [0.05, 0.1) is 5.69 Å². The van der Waals surface area contributed by atoms with Crippen LogP contribution in [0.5, 0.6) is 0 Å². The maximum atomic E-state index is 13.7. The van der Waals surface area contributed by atoms with Crippen LogP contribution in [0.25, 0.3) is 11.1 Å². The molecule has 4 nitrogen and oxygen atoms in total. The number of amides is 1. The topological polar surface area (TPSA) is 66.4 Å². The molecule has 1 amide bonds. The number of benzene rings is 2. The second-order valence-electron chi connectivity index (χ2n) is 6.22. The maximum Gasteiger partial charge on any atom is 0.346 e. The quantitative estimate of drug-likeness (QED) is 0.676. The van der Waals surface area contributed by atoms with Crippen molar-refractivity contribution in [3.8, 4) is 11.1 Å². The number of carbonyl (C=O) groups is 2. The summed E-state index contributed by atoms with van der Waals surface area (Å²) in [5, 5.41) is 12.4. The van der Waals surface area contributed by atoms with E-state index >= 15 is 0 Å². The number of rotatable bonds is 3. The van der Waals surface area contributed by atoms with Gasteiger partial charge in [0.1, 0.15) is 16.5 Å². The average molecular weight is 385 g/mol. The lowest BCUT2D eigenvalue weighted by Gasteiger charge is -2.24. The predicted molar refractivity (Wildman–Crippen MR) is 98.2 cm³/mol. The summed E-state index contributed by atoms with van der Waals surface area (Å²) in [5.74, 6) is -2.87. The molecule has 1 aliphatic rings. The van der Waals surface area contributed by atoms with Crippen molar-refractivity contribution in [2.45, 2.75) is 12.3 Å². The summed E-state index contributed by atoms with van der Waals surface area (Å²) in [6.07, 6.45) is 0.0820. The molecule has 0 fully saturated rings. The molecule has 1 aliphatic heterocycles. The Morgan fingerprint density at radius 2 is 1.81 bits per heavy atom. The molecule has 27 heavy (non-hydrogen) atoms. The first-order valence-electron chi connectivity index (χ1n) is 8.15. The second-order valence-corrected chi connectivity index (χ2v) is 7.27. The lowest BCUT2D eigenvalue weighted by molar-refractivity contribution is -0.116. The number of aromatic carboxylic acids is 1.